The highest BCUT2D eigenvalue weighted by atomic mass is 19.4. The van der Waals surface area contributed by atoms with Crippen LogP contribution < -0.4 is 11.1 Å². The molecule has 0 aliphatic heterocycles. The minimum Gasteiger partial charge on any atom is -0.368 e. The average molecular weight is 262 g/mol. The second kappa shape index (κ2) is 4.60. The Morgan fingerprint density at radius 2 is 2.28 bits per heavy atom. The molecule has 18 heavy (non-hydrogen) atoms. The highest BCUT2D eigenvalue weighted by Crippen LogP contribution is 2.36. The van der Waals surface area contributed by atoms with Crippen LogP contribution in [0.25, 0.3) is 0 Å². The van der Waals surface area contributed by atoms with Crippen molar-refractivity contribution in [1.29, 1.82) is 0 Å². The van der Waals surface area contributed by atoms with E-state index in [9.17, 15) is 18.0 Å². The van der Waals surface area contributed by atoms with E-state index in [1.165, 1.54) is 12.5 Å². The number of primary amides is 1. The predicted octanol–water partition coefficient (Wildman–Crippen LogP) is 0.896. The number of nitrogens with one attached hydrogen (secondary N) is 1. The lowest BCUT2D eigenvalue weighted by Gasteiger charge is -2.18. The molecule has 1 unspecified atom stereocenters. The number of aromatic nitrogens is 2. The Bertz CT molecular complexity index is 439. The third-order valence-corrected chi connectivity index (χ3v) is 2.72. The van der Waals surface area contributed by atoms with Crippen LogP contribution in [0.15, 0.2) is 12.5 Å². The molecular formula is C10H13F3N4O. The summed E-state index contributed by atoms with van der Waals surface area (Å²) in [6, 6.07) is -0.952. The first-order valence-electron chi connectivity index (χ1n) is 5.49. The van der Waals surface area contributed by atoms with E-state index in [2.05, 4.69) is 10.3 Å². The number of nitrogens with two attached hydrogens (primary N) is 1. The Labute approximate surface area is 101 Å². The van der Waals surface area contributed by atoms with E-state index in [1.54, 1.807) is 4.57 Å². The van der Waals surface area contributed by atoms with Crippen molar-refractivity contribution in [1.82, 2.24) is 14.9 Å². The Morgan fingerprint density at radius 3 is 2.78 bits per heavy atom. The zero-order valence-electron chi connectivity index (χ0n) is 9.44. The van der Waals surface area contributed by atoms with Crippen molar-refractivity contribution in [2.24, 2.45) is 5.73 Å². The van der Waals surface area contributed by atoms with Crippen LogP contribution in [-0.2, 0) is 4.79 Å². The summed E-state index contributed by atoms with van der Waals surface area (Å²) in [5.41, 5.74) is 5.52. The van der Waals surface area contributed by atoms with Gasteiger partial charge in [-0.25, -0.2) is 4.98 Å². The lowest BCUT2D eigenvalue weighted by atomic mass is 10.2. The lowest BCUT2D eigenvalue weighted by Crippen LogP contribution is -2.39. The summed E-state index contributed by atoms with van der Waals surface area (Å²) in [6.45, 7) is -1.27. The Hall–Kier alpha value is -1.57. The number of hydrogen-bond acceptors (Lipinski definition) is 3. The highest BCUT2D eigenvalue weighted by Gasteiger charge is 2.33. The first-order chi connectivity index (χ1) is 8.38. The Morgan fingerprint density at radius 1 is 1.61 bits per heavy atom. The van der Waals surface area contributed by atoms with Gasteiger partial charge in [0.15, 0.2) is 0 Å². The highest BCUT2D eigenvalue weighted by molar-refractivity contribution is 5.80. The van der Waals surface area contributed by atoms with Crippen LogP contribution in [0.4, 0.5) is 13.2 Å². The molecule has 8 heteroatoms. The Balaban J connectivity index is 2.14. The SMILES string of the molecule is NC(=O)C(NCC(F)(F)F)c1cncn1C1CC1. The molecule has 1 aliphatic carbocycles. The number of alkyl halides is 3. The van der Waals surface area contributed by atoms with Crippen LogP contribution in [0.2, 0.25) is 0 Å². The number of amides is 1. The number of halogens is 3. The molecule has 1 aromatic heterocycles. The fourth-order valence-electron chi connectivity index (χ4n) is 1.76. The molecule has 1 heterocycles. The minimum absolute atomic E-state index is 0.219. The lowest BCUT2D eigenvalue weighted by molar-refractivity contribution is -0.131. The molecule has 2 rings (SSSR count). The van der Waals surface area contributed by atoms with Crippen LogP contribution >= 0.6 is 0 Å². The summed E-state index contributed by atoms with van der Waals surface area (Å²) in [4.78, 5) is 15.1. The number of rotatable bonds is 5. The van der Waals surface area contributed by atoms with Gasteiger partial charge < -0.3 is 10.3 Å². The van der Waals surface area contributed by atoms with E-state index < -0.39 is 24.7 Å². The molecule has 0 aromatic carbocycles. The van der Waals surface area contributed by atoms with Gasteiger partial charge in [-0.2, -0.15) is 13.2 Å². The van der Waals surface area contributed by atoms with Gasteiger partial charge in [-0.05, 0) is 12.8 Å². The van der Waals surface area contributed by atoms with Crippen LogP contribution in [0, 0.1) is 0 Å². The van der Waals surface area contributed by atoms with E-state index >= 15 is 0 Å². The van der Waals surface area contributed by atoms with Crippen molar-refractivity contribution in [3.63, 3.8) is 0 Å². The van der Waals surface area contributed by atoms with Crippen molar-refractivity contribution >= 4 is 5.91 Å². The normalized spacial score (nSPS) is 17.7. The number of carbonyl (C=O) groups is 1. The smallest absolute Gasteiger partial charge is 0.368 e. The van der Waals surface area contributed by atoms with E-state index in [-0.39, 0.29) is 6.04 Å². The molecule has 0 radical (unpaired) electrons. The molecule has 1 atom stereocenters. The minimum atomic E-state index is -4.39. The molecule has 0 bridgehead atoms. The molecule has 1 aromatic rings. The molecule has 1 fully saturated rings. The quantitative estimate of drug-likeness (QED) is 0.828. The molecule has 3 N–H and O–H groups in total. The molecule has 1 aliphatic rings. The molecule has 0 saturated heterocycles. The summed E-state index contributed by atoms with van der Waals surface area (Å²) >= 11 is 0. The van der Waals surface area contributed by atoms with Gasteiger partial charge in [0.05, 0.1) is 24.8 Å². The standard InChI is InChI=1S/C10H13F3N4O/c11-10(12,13)4-16-8(9(14)18)7-3-15-5-17(7)6-1-2-6/h3,5-6,8,16H,1-2,4H2,(H2,14,18). The maximum Gasteiger partial charge on any atom is 0.401 e. The summed E-state index contributed by atoms with van der Waals surface area (Å²) in [6.07, 6.45) is 0.371. The van der Waals surface area contributed by atoms with E-state index in [0.29, 0.717) is 5.69 Å². The van der Waals surface area contributed by atoms with Gasteiger partial charge in [-0.3, -0.25) is 10.1 Å². The van der Waals surface area contributed by atoms with Crippen LogP contribution in [-0.4, -0.2) is 28.2 Å². The van der Waals surface area contributed by atoms with Crippen molar-refractivity contribution in [2.75, 3.05) is 6.54 Å². The maximum absolute atomic E-state index is 12.2. The van der Waals surface area contributed by atoms with Gasteiger partial charge in [-0.15, -0.1) is 0 Å². The first kappa shape index (κ1) is 12.9. The summed E-state index contributed by atoms with van der Waals surface area (Å²) in [5, 5.41) is 2.12. The van der Waals surface area contributed by atoms with E-state index in [4.69, 9.17) is 5.73 Å². The van der Waals surface area contributed by atoms with Gasteiger partial charge in [0, 0.05) is 6.04 Å². The monoisotopic (exact) mass is 262 g/mol. The second-order valence-electron chi connectivity index (χ2n) is 4.29. The summed E-state index contributed by atoms with van der Waals surface area (Å²) in [5.74, 6) is -0.846. The topological polar surface area (TPSA) is 72.9 Å². The van der Waals surface area contributed by atoms with Gasteiger partial charge in [0.2, 0.25) is 5.91 Å². The van der Waals surface area contributed by atoms with Gasteiger partial charge in [0.1, 0.15) is 6.04 Å². The number of hydrogen-bond donors (Lipinski definition) is 2. The van der Waals surface area contributed by atoms with E-state index in [0.717, 1.165) is 12.8 Å². The van der Waals surface area contributed by atoms with Crippen molar-refractivity contribution in [3.8, 4) is 0 Å². The van der Waals surface area contributed by atoms with Gasteiger partial charge in [0.25, 0.3) is 0 Å². The molecule has 100 valence electrons. The van der Waals surface area contributed by atoms with Gasteiger partial charge >= 0.3 is 6.18 Å². The van der Waals surface area contributed by atoms with Crippen molar-refractivity contribution in [2.45, 2.75) is 31.1 Å². The van der Waals surface area contributed by atoms with Crippen LogP contribution in [0.1, 0.15) is 30.6 Å². The van der Waals surface area contributed by atoms with Crippen molar-refractivity contribution in [3.05, 3.63) is 18.2 Å². The zero-order valence-corrected chi connectivity index (χ0v) is 9.44. The third-order valence-electron chi connectivity index (χ3n) is 2.72. The maximum atomic E-state index is 12.2. The molecule has 1 saturated carbocycles. The third kappa shape index (κ3) is 3.00. The molecule has 0 spiro atoms. The Kier molecular flexibility index (Phi) is 3.29. The number of imidazole rings is 1. The zero-order chi connectivity index (χ0) is 13.3. The van der Waals surface area contributed by atoms with E-state index in [1.807, 2.05) is 0 Å². The summed E-state index contributed by atoms with van der Waals surface area (Å²) < 4.78 is 38.2. The molecule has 1 amide bonds. The second-order valence-corrected chi connectivity index (χ2v) is 4.29. The predicted molar refractivity (Wildman–Crippen MR) is 56.5 cm³/mol. The van der Waals surface area contributed by atoms with Crippen LogP contribution in [0.5, 0.6) is 0 Å². The first-order valence-corrected chi connectivity index (χ1v) is 5.49. The largest absolute Gasteiger partial charge is 0.401 e. The molecule has 5 nitrogen and oxygen atoms in total. The van der Waals surface area contributed by atoms with Gasteiger partial charge in [-0.1, -0.05) is 0 Å². The summed E-state index contributed by atoms with van der Waals surface area (Å²) in [7, 11) is 0. The fourth-order valence-corrected chi connectivity index (χ4v) is 1.76. The number of nitrogens with zero attached hydrogens (tertiary/aromatic N) is 2. The number of carbonyl (C=O) groups excluding carboxylic acids is 1. The van der Waals surface area contributed by atoms with Crippen molar-refractivity contribution < 1.29 is 18.0 Å². The fraction of sp³-hybridized carbons (Fsp3) is 0.600. The molecular weight excluding hydrogens is 249 g/mol. The van der Waals surface area contributed by atoms with Crippen LogP contribution in [0.3, 0.4) is 0 Å². The average Bonchev–Trinajstić information content (AvgIpc) is 2.97.